The average Bonchev–Trinajstić information content (AvgIpc) is 2.67. The molecular formula is C14H15N3. The van der Waals surface area contributed by atoms with Gasteiger partial charge in [0.15, 0.2) is 0 Å². The number of aromatic amines is 1. The highest BCUT2D eigenvalue weighted by atomic mass is 14.7. The molecule has 3 nitrogen and oxygen atoms in total. The Kier molecular flexibility index (Phi) is 2.38. The van der Waals surface area contributed by atoms with E-state index in [1.54, 1.807) is 0 Å². The summed E-state index contributed by atoms with van der Waals surface area (Å²) in [6.07, 6.45) is 3.52. The summed E-state index contributed by atoms with van der Waals surface area (Å²) in [7, 11) is 0. The molecule has 17 heavy (non-hydrogen) atoms. The van der Waals surface area contributed by atoms with Gasteiger partial charge in [0, 0.05) is 22.6 Å². The first kappa shape index (κ1) is 10.4. The molecule has 0 spiro atoms. The van der Waals surface area contributed by atoms with Crippen molar-refractivity contribution in [1.82, 2.24) is 4.98 Å². The van der Waals surface area contributed by atoms with Crippen molar-refractivity contribution in [2.45, 2.75) is 31.7 Å². The molecule has 0 saturated carbocycles. The van der Waals surface area contributed by atoms with E-state index in [4.69, 9.17) is 11.0 Å². The van der Waals surface area contributed by atoms with E-state index in [1.807, 2.05) is 6.07 Å². The van der Waals surface area contributed by atoms with E-state index in [0.29, 0.717) is 6.42 Å². The van der Waals surface area contributed by atoms with Crippen LogP contribution in [-0.2, 0) is 19.3 Å². The number of fused-ring (bicyclic) bond motifs is 3. The Morgan fingerprint density at radius 1 is 1.47 bits per heavy atom. The van der Waals surface area contributed by atoms with Crippen molar-refractivity contribution in [3.05, 3.63) is 35.0 Å². The molecule has 1 heterocycles. The SMILES string of the molecule is N#CCc1ccc2[nH]c3c(c2c1)CC(N)CC3. The Morgan fingerprint density at radius 2 is 2.35 bits per heavy atom. The number of rotatable bonds is 1. The minimum atomic E-state index is 0.279. The van der Waals surface area contributed by atoms with Gasteiger partial charge in [-0.3, -0.25) is 0 Å². The van der Waals surface area contributed by atoms with Gasteiger partial charge < -0.3 is 10.7 Å². The van der Waals surface area contributed by atoms with Crippen molar-refractivity contribution >= 4 is 10.9 Å². The fourth-order valence-electron chi connectivity index (χ4n) is 2.69. The summed E-state index contributed by atoms with van der Waals surface area (Å²) in [6.45, 7) is 0. The van der Waals surface area contributed by atoms with Crippen molar-refractivity contribution in [2.24, 2.45) is 5.73 Å². The van der Waals surface area contributed by atoms with Crippen molar-refractivity contribution in [3.8, 4) is 6.07 Å². The van der Waals surface area contributed by atoms with Crippen molar-refractivity contribution < 1.29 is 0 Å². The maximum atomic E-state index is 8.75. The van der Waals surface area contributed by atoms with Gasteiger partial charge in [-0.1, -0.05) is 6.07 Å². The number of nitriles is 1. The summed E-state index contributed by atoms with van der Waals surface area (Å²) in [5.41, 5.74) is 11.0. The normalized spacial score (nSPS) is 18.9. The third kappa shape index (κ3) is 1.71. The van der Waals surface area contributed by atoms with Gasteiger partial charge >= 0.3 is 0 Å². The van der Waals surface area contributed by atoms with Gasteiger partial charge in [-0.25, -0.2) is 0 Å². The van der Waals surface area contributed by atoms with E-state index in [1.165, 1.54) is 22.2 Å². The van der Waals surface area contributed by atoms with Crippen LogP contribution in [0.2, 0.25) is 0 Å². The molecule has 3 rings (SSSR count). The number of hydrogen-bond acceptors (Lipinski definition) is 2. The summed E-state index contributed by atoms with van der Waals surface area (Å²) in [6, 6.07) is 8.70. The zero-order valence-corrected chi connectivity index (χ0v) is 9.66. The zero-order valence-electron chi connectivity index (χ0n) is 9.66. The van der Waals surface area contributed by atoms with E-state index in [9.17, 15) is 0 Å². The van der Waals surface area contributed by atoms with Crippen molar-refractivity contribution in [1.29, 1.82) is 5.26 Å². The first-order chi connectivity index (χ1) is 8.28. The largest absolute Gasteiger partial charge is 0.358 e. The molecule has 3 heteroatoms. The highest BCUT2D eigenvalue weighted by Gasteiger charge is 2.19. The molecule has 1 aliphatic rings. The van der Waals surface area contributed by atoms with Crippen LogP contribution in [-0.4, -0.2) is 11.0 Å². The van der Waals surface area contributed by atoms with Crippen LogP contribution in [0.4, 0.5) is 0 Å². The average molecular weight is 225 g/mol. The number of benzene rings is 1. The second kappa shape index (κ2) is 3.90. The van der Waals surface area contributed by atoms with Gasteiger partial charge in [-0.05, 0) is 42.5 Å². The predicted octanol–water partition coefficient (Wildman–Crippen LogP) is 2.05. The molecule has 0 radical (unpaired) electrons. The summed E-state index contributed by atoms with van der Waals surface area (Å²) in [5.74, 6) is 0. The highest BCUT2D eigenvalue weighted by Crippen LogP contribution is 2.29. The first-order valence-electron chi connectivity index (χ1n) is 6.03. The van der Waals surface area contributed by atoms with Gasteiger partial charge in [0.2, 0.25) is 0 Å². The van der Waals surface area contributed by atoms with E-state index in [2.05, 4.69) is 23.2 Å². The lowest BCUT2D eigenvalue weighted by molar-refractivity contribution is 0.574. The van der Waals surface area contributed by atoms with Gasteiger partial charge in [0.05, 0.1) is 12.5 Å². The Balaban J connectivity index is 2.15. The molecule has 2 aromatic rings. The van der Waals surface area contributed by atoms with Crippen LogP contribution >= 0.6 is 0 Å². The lowest BCUT2D eigenvalue weighted by atomic mass is 9.91. The highest BCUT2D eigenvalue weighted by molar-refractivity contribution is 5.85. The molecule has 0 bridgehead atoms. The lowest BCUT2D eigenvalue weighted by Gasteiger charge is -2.18. The molecule has 0 amide bonds. The van der Waals surface area contributed by atoms with Crippen LogP contribution in [0, 0.1) is 11.3 Å². The van der Waals surface area contributed by atoms with Gasteiger partial charge in [0.1, 0.15) is 0 Å². The minimum absolute atomic E-state index is 0.279. The Morgan fingerprint density at radius 3 is 3.18 bits per heavy atom. The van der Waals surface area contributed by atoms with E-state index in [-0.39, 0.29) is 6.04 Å². The van der Waals surface area contributed by atoms with Crippen molar-refractivity contribution in [2.75, 3.05) is 0 Å². The summed E-state index contributed by atoms with van der Waals surface area (Å²) < 4.78 is 0. The second-order valence-corrected chi connectivity index (χ2v) is 4.80. The van der Waals surface area contributed by atoms with Gasteiger partial charge in [-0.15, -0.1) is 0 Å². The molecular weight excluding hydrogens is 210 g/mol. The van der Waals surface area contributed by atoms with E-state index >= 15 is 0 Å². The quantitative estimate of drug-likeness (QED) is 0.780. The van der Waals surface area contributed by atoms with Crippen LogP contribution < -0.4 is 5.73 Å². The zero-order chi connectivity index (χ0) is 11.8. The second-order valence-electron chi connectivity index (χ2n) is 4.80. The molecule has 0 aliphatic heterocycles. The Hall–Kier alpha value is -1.79. The number of H-pyrrole nitrogens is 1. The standard InChI is InChI=1S/C14H15N3/c15-6-5-9-1-3-13-11(7-9)12-8-10(16)2-4-14(12)17-13/h1,3,7,10,17H,2,4-5,8,16H2. The number of nitrogens with zero attached hydrogens (tertiary/aromatic N) is 1. The number of nitrogens with one attached hydrogen (secondary N) is 1. The molecule has 0 fully saturated rings. The maximum Gasteiger partial charge on any atom is 0.0669 e. The molecule has 1 aromatic heterocycles. The Bertz CT molecular complexity index is 604. The van der Waals surface area contributed by atoms with Gasteiger partial charge in [-0.2, -0.15) is 5.26 Å². The molecule has 1 aliphatic carbocycles. The van der Waals surface area contributed by atoms with Crippen LogP contribution in [0.3, 0.4) is 0 Å². The lowest BCUT2D eigenvalue weighted by Crippen LogP contribution is -2.27. The van der Waals surface area contributed by atoms with E-state index in [0.717, 1.165) is 24.8 Å². The third-order valence-corrected chi connectivity index (χ3v) is 3.57. The van der Waals surface area contributed by atoms with Crippen LogP contribution in [0.25, 0.3) is 10.9 Å². The molecule has 0 saturated heterocycles. The molecule has 1 atom stereocenters. The monoisotopic (exact) mass is 225 g/mol. The van der Waals surface area contributed by atoms with Crippen LogP contribution in [0.1, 0.15) is 23.2 Å². The summed E-state index contributed by atoms with van der Waals surface area (Å²) >= 11 is 0. The molecule has 86 valence electrons. The van der Waals surface area contributed by atoms with Crippen LogP contribution in [0.15, 0.2) is 18.2 Å². The number of nitrogens with two attached hydrogens (primary N) is 1. The number of aryl methyl sites for hydroxylation is 1. The van der Waals surface area contributed by atoms with E-state index < -0.39 is 0 Å². The third-order valence-electron chi connectivity index (χ3n) is 3.57. The molecule has 1 aromatic carbocycles. The predicted molar refractivity (Wildman–Crippen MR) is 67.6 cm³/mol. The van der Waals surface area contributed by atoms with Gasteiger partial charge in [0.25, 0.3) is 0 Å². The topological polar surface area (TPSA) is 65.6 Å². The fraction of sp³-hybridized carbons (Fsp3) is 0.357. The minimum Gasteiger partial charge on any atom is -0.358 e. The fourth-order valence-corrected chi connectivity index (χ4v) is 2.69. The smallest absolute Gasteiger partial charge is 0.0669 e. The molecule has 1 unspecified atom stereocenters. The van der Waals surface area contributed by atoms with Crippen molar-refractivity contribution in [3.63, 3.8) is 0 Å². The number of hydrogen-bond donors (Lipinski definition) is 2. The van der Waals surface area contributed by atoms with Crippen LogP contribution in [0.5, 0.6) is 0 Å². The summed E-state index contributed by atoms with van der Waals surface area (Å²) in [5, 5.41) is 10.00. The molecule has 3 N–H and O–H groups in total. The first-order valence-corrected chi connectivity index (χ1v) is 6.03. The maximum absolute atomic E-state index is 8.75. The summed E-state index contributed by atoms with van der Waals surface area (Å²) in [4.78, 5) is 3.47. The Labute approximate surface area is 100 Å². The number of aromatic nitrogens is 1.